The van der Waals surface area contributed by atoms with Crippen molar-refractivity contribution in [2.75, 3.05) is 6.54 Å². The number of hydrogen-bond acceptors (Lipinski definition) is 2. The normalized spacial score (nSPS) is 13.2. The molecule has 0 amide bonds. The number of nitrogens with one attached hydrogen (secondary N) is 1. The molecule has 3 nitrogen and oxygen atoms in total. The Kier molecular flexibility index (Phi) is 7.08. The van der Waals surface area contributed by atoms with Gasteiger partial charge >= 0.3 is 0 Å². The second-order valence-electron chi connectivity index (χ2n) is 5.39. The number of nitrogens with zero attached hydrogens (tertiary/aromatic N) is 2. The highest BCUT2D eigenvalue weighted by atomic mass is 79.9. The second-order valence-corrected chi connectivity index (χ2v) is 6.18. The zero-order valence-corrected chi connectivity index (χ0v) is 14.5. The molecule has 0 aromatic carbocycles. The molecule has 4 heteroatoms. The summed E-state index contributed by atoms with van der Waals surface area (Å²) in [6.07, 6.45) is 3.20. The van der Waals surface area contributed by atoms with E-state index in [-0.39, 0.29) is 0 Å². The van der Waals surface area contributed by atoms with Gasteiger partial charge in [0.05, 0.1) is 15.9 Å². The van der Waals surface area contributed by atoms with Crippen LogP contribution < -0.4 is 5.32 Å². The fourth-order valence-corrected chi connectivity index (χ4v) is 3.02. The molecule has 19 heavy (non-hydrogen) atoms. The Morgan fingerprint density at radius 2 is 1.95 bits per heavy atom. The van der Waals surface area contributed by atoms with Crippen LogP contribution in [0.25, 0.3) is 0 Å². The Balaban J connectivity index is 2.91. The first kappa shape index (κ1) is 16.7. The van der Waals surface area contributed by atoms with Gasteiger partial charge in [-0.1, -0.05) is 27.7 Å². The van der Waals surface area contributed by atoms with Gasteiger partial charge in [0.15, 0.2) is 0 Å². The van der Waals surface area contributed by atoms with Crippen molar-refractivity contribution in [3.63, 3.8) is 0 Å². The Bertz CT molecular complexity index is 385. The lowest BCUT2D eigenvalue weighted by Gasteiger charge is -2.23. The van der Waals surface area contributed by atoms with E-state index in [4.69, 9.17) is 0 Å². The van der Waals surface area contributed by atoms with E-state index in [9.17, 15) is 0 Å². The molecule has 1 aromatic rings. The summed E-state index contributed by atoms with van der Waals surface area (Å²) < 4.78 is 3.35. The van der Waals surface area contributed by atoms with Crippen LogP contribution in [-0.4, -0.2) is 22.4 Å². The Morgan fingerprint density at radius 3 is 2.42 bits per heavy atom. The van der Waals surface area contributed by atoms with Crippen LogP contribution in [0.4, 0.5) is 0 Å². The topological polar surface area (TPSA) is 29.9 Å². The van der Waals surface area contributed by atoms with Crippen molar-refractivity contribution in [1.82, 2.24) is 15.1 Å². The molecule has 0 aliphatic heterocycles. The minimum atomic E-state index is 0.517. The first-order valence-corrected chi connectivity index (χ1v) is 8.31. The summed E-state index contributed by atoms with van der Waals surface area (Å²) in [5, 5.41) is 8.34. The van der Waals surface area contributed by atoms with Crippen molar-refractivity contribution in [2.45, 2.75) is 66.5 Å². The molecule has 1 rings (SSSR count). The molecular weight excluding hydrogens is 302 g/mol. The Hall–Kier alpha value is -0.350. The van der Waals surface area contributed by atoms with Crippen LogP contribution in [0.15, 0.2) is 4.47 Å². The third-order valence-corrected chi connectivity index (χ3v) is 4.48. The van der Waals surface area contributed by atoms with Gasteiger partial charge in [-0.15, -0.1) is 0 Å². The van der Waals surface area contributed by atoms with Gasteiger partial charge in [-0.3, -0.25) is 4.68 Å². The summed E-state index contributed by atoms with van der Waals surface area (Å²) >= 11 is 3.74. The van der Waals surface area contributed by atoms with Crippen LogP contribution in [0.5, 0.6) is 0 Å². The van der Waals surface area contributed by atoms with Gasteiger partial charge in [-0.2, -0.15) is 5.10 Å². The maximum atomic E-state index is 4.68. The Labute approximate surface area is 126 Å². The Morgan fingerprint density at radius 1 is 1.26 bits per heavy atom. The van der Waals surface area contributed by atoms with Crippen molar-refractivity contribution in [3.8, 4) is 0 Å². The molecule has 0 radical (unpaired) electrons. The highest BCUT2D eigenvalue weighted by molar-refractivity contribution is 9.10. The monoisotopic (exact) mass is 329 g/mol. The predicted molar refractivity (Wildman–Crippen MR) is 85.6 cm³/mol. The maximum Gasteiger partial charge on any atom is 0.0766 e. The minimum absolute atomic E-state index is 0.517. The summed E-state index contributed by atoms with van der Waals surface area (Å²) in [7, 11) is 0. The van der Waals surface area contributed by atoms with Crippen molar-refractivity contribution in [1.29, 1.82) is 0 Å². The van der Waals surface area contributed by atoms with Crippen molar-refractivity contribution in [2.24, 2.45) is 5.92 Å². The second kappa shape index (κ2) is 8.05. The fourth-order valence-electron chi connectivity index (χ4n) is 2.29. The molecule has 1 atom stereocenters. The van der Waals surface area contributed by atoms with Gasteiger partial charge in [-0.05, 0) is 48.2 Å². The van der Waals surface area contributed by atoms with Crippen LogP contribution in [0.3, 0.4) is 0 Å². The first-order valence-electron chi connectivity index (χ1n) is 7.52. The molecule has 1 heterocycles. The maximum absolute atomic E-state index is 4.68. The minimum Gasteiger partial charge on any atom is -0.313 e. The highest BCUT2D eigenvalue weighted by Gasteiger charge is 2.20. The number of hydrogen-bond donors (Lipinski definition) is 1. The van der Waals surface area contributed by atoms with E-state index in [0.29, 0.717) is 12.0 Å². The average Bonchev–Trinajstić information content (AvgIpc) is 2.70. The van der Waals surface area contributed by atoms with E-state index >= 15 is 0 Å². The van der Waals surface area contributed by atoms with Gasteiger partial charge in [0.1, 0.15) is 0 Å². The van der Waals surface area contributed by atoms with Gasteiger partial charge in [-0.25, -0.2) is 0 Å². The summed E-state index contributed by atoms with van der Waals surface area (Å²) in [6, 6.07) is 0.517. The van der Waals surface area contributed by atoms with Gasteiger partial charge in [0.25, 0.3) is 0 Å². The molecule has 0 bridgehead atoms. The van der Waals surface area contributed by atoms with Crippen LogP contribution in [0.1, 0.15) is 52.4 Å². The van der Waals surface area contributed by atoms with Gasteiger partial charge in [0.2, 0.25) is 0 Å². The zero-order chi connectivity index (χ0) is 14.4. The third kappa shape index (κ3) is 4.32. The highest BCUT2D eigenvalue weighted by Crippen LogP contribution is 2.24. The zero-order valence-electron chi connectivity index (χ0n) is 13.0. The van der Waals surface area contributed by atoms with Crippen LogP contribution >= 0.6 is 15.9 Å². The number of aromatic nitrogens is 2. The smallest absolute Gasteiger partial charge is 0.0766 e. The molecule has 1 aromatic heterocycles. The van der Waals surface area contributed by atoms with E-state index in [1.54, 1.807) is 0 Å². The average molecular weight is 330 g/mol. The van der Waals surface area contributed by atoms with Crippen molar-refractivity contribution < 1.29 is 0 Å². The number of aryl methyl sites for hydroxylation is 2. The molecule has 0 spiro atoms. The van der Waals surface area contributed by atoms with Crippen LogP contribution in [-0.2, 0) is 19.4 Å². The molecular formula is C15H28BrN3. The van der Waals surface area contributed by atoms with E-state index in [2.05, 4.69) is 65.6 Å². The van der Waals surface area contributed by atoms with Gasteiger partial charge in [0, 0.05) is 19.0 Å². The van der Waals surface area contributed by atoms with E-state index in [1.165, 1.54) is 22.3 Å². The van der Waals surface area contributed by atoms with Crippen LogP contribution in [0, 0.1) is 5.92 Å². The molecule has 0 saturated heterocycles. The number of halogens is 1. The van der Waals surface area contributed by atoms with E-state index in [0.717, 1.165) is 25.9 Å². The summed E-state index contributed by atoms with van der Waals surface area (Å²) in [6.45, 7) is 13.1. The summed E-state index contributed by atoms with van der Waals surface area (Å²) in [4.78, 5) is 0. The number of rotatable bonds is 8. The molecule has 0 saturated carbocycles. The third-order valence-electron chi connectivity index (χ3n) is 3.57. The largest absolute Gasteiger partial charge is 0.313 e. The quantitative estimate of drug-likeness (QED) is 0.786. The van der Waals surface area contributed by atoms with E-state index < -0.39 is 0 Å². The lowest BCUT2D eigenvalue weighted by atomic mass is 9.98. The summed E-state index contributed by atoms with van der Waals surface area (Å²) in [5.41, 5.74) is 2.51. The van der Waals surface area contributed by atoms with E-state index in [1.807, 2.05) is 0 Å². The molecule has 0 aliphatic rings. The van der Waals surface area contributed by atoms with Crippen molar-refractivity contribution in [3.05, 3.63) is 15.9 Å². The molecule has 1 N–H and O–H groups in total. The first-order chi connectivity index (χ1) is 9.04. The van der Waals surface area contributed by atoms with Crippen LogP contribution in [0.2, 0.25) is 0 Å². The van der Waals surface area contributed by atoms with Gasteiger partial charge < -0.3 is 5.32 Å². The molecule has 0 aliphatic carbocycles. The SMILES string of the molecule is CCCNC(Cc1c(Br)c(CC)nn1CC)C(C)C. The fraction of sp³-hybridized carbons (Fsp3) is 0.800. The molecule has 110 valence electrons. The lowest BCUT2D eigenvalue weighted by molar-refractivity contribution is 0.387. The molecule has 0 fully saturated rings. The predicted octanol–water partition coefficient (Wildman–Crippen LogP) is 3.79. The lowest BCUT2D eigenvalue weighted by Crippen LogP contribution is -2.37. The standard InChI is InChI=1S/C15H28BrN3/c1-6-9-17-13(11(4)5)10-14-15(16)12(7-2)18-19(14)8-3/h11,13,17H,6-10H2,1-5H3. The molecule has 1 unspecified atom stereocenters. The van der Waals surface area contributed by atoms with Crippen molar-refractivity contribution >= 4 is 15.9 Å². The summed E-state index contributed by atoms with van der Waals surface area (Å²) in [5.74, 6) is 0.628.